The van der Waals surface area contributed by atoms with Gasteiger partial charge in [-0.3, -0.25) is 4.79 Å². The number of rotatable bonds is 26. The Morgan fingerprint density at radius 1 is 0.431 bits per heavy atom. The average Bonchev–Trinajstić information content (AvgIpc) is 2.89. The SMILES string of the molecule is CC(COC(C)(C)CC(CC(C)(C)OCC(C)C(C)(C)O)(CC(C)(C)OCC(C)C(C)(C)O)CC(C)(C)OCC(C)C(C)(C)OC=O)C(C)(C)O. The van der Waals surface area contributed by atoms with Gasteiger partial charge in [-0.1, -0.05) is 27.7 Å². The lowest BCUT2D eigenvalue weighted by Gasteiger charge is -2.51. The normalized spacial score (nSPS) is 18.2. The third kappa shape index (κ3) is 19.4. The van der Waals surface area contributed by atoms with Gasteiger partial charge in [-0.15, -0.1) is 0 Å². The molecule has 0 amide bonds. The quantitative estimate of drug-likeness (QED) is 0.0751. The van der Waals surface area contributed by atoms with E-state index in [0.29, 0.717) is 58.6 Å². The first-order valence-corrected chi connectivity index (χ1v) is 19.2. The Kier molecular flexibility index (Phi) is 17.9. The summed E-state index contributed by atoms with van der Waals surface area (Å²) < 4.78 is 32.2. The Morgan fingerprint density at radius 2 is 0.647 bits per heavy atom. The fraction of sp³-hybridized carbons (Fsp3) is 0.976. The van der Waals surface area contributed by atoms with Gasteiger partial charge in [0.2, 0.25) is 0 Å². The lowest BCUT2D eigenvalue weighted by Crippen LogP contribution is -2.50. The highest BCUT2D eigenvalue weighted by molar-refractivity contribution is 5.38. The van der Waals surface area contributed by atoms with Gasteiger partial charge in [-0.25, -0.2) is 0 Å². The lowest BCUT2D eigenvalue weighted by atomic mass is 9.62. The molecule has 0 aromatic heterocycles. The van der Waals surface area contributed by atoms with Gasteiger partial charge in [-0.05, 0) is 142 Å². The van der Waals surface area contributed by atoms with Crippen molar-refractivity contribution in [3.05, 3.63) is 0 Å². The van der Waals surface area contributed by atoms with Crippen molar-refractivity contribution in [2.45, 2.75) is 209 Å². The predicted octanol–water partition coefficient (Wildman–Crippen LogP) is 8.52. The molecule has 3 N–H and O–H groups in total. The second kappa shape index (κ2) is 18.2. The van der Waals surface area contributed by atoms with E-state index in [1.807, 2.05) is 83.1 Å². The van der Waals surface area contributed by atoms with Gasteiger partial charge >= 0.3 is 0 Å². The van der Waals surface area contributed by atoms with Crippen LogP contribution < -0.4 is 0 Å². The van der Waals surface area contributed by atoms with Crippen LogP contribution in [0.1, 0.15) is 164 Å². The molecule has 0 saturated carbocycles. The average molecular weight is 733 g/mol. The van der Waals surface area contributed by atoms with Crippen LogP contribution in [0.25, 0.3) is 0 Å². The summed E-state index contributed by atoms with van der Waals surface area (Å²) in [5.74, 6) is -0.326. The minimum atomic E-state index is -0.888. The molecule has 0 saturated heterocycles. The van der Waals surface area contributed by atoms with Crippen molar-refractivity contribution in [3.8, 4) is 0 Å². The van der Waals surface area contributed by atoms with E-state index in [1.165, 1.54) is 0 Å². The van der Waals surface area contributed by atoms with Crippen molar-refractivity contribution in [1.29, 1.82) is 0 Å². The molecule has 0 bridgehead atoms. The maximum absolute atomic E-state index is 11.2. The molecule has 306 valence electrons. The van der Waals surface area contributed by atoms with E-state index in [-0.39, 0.29) is 23.7 Å². The van der Waals surface area contributed by atoms with Crippen molar-refractivity contribution in [1.82, 2.24) is 0 Å². The summed E-state index contributed by atoms with van der Waals surface area (Å²) >= 11 is 0. The Bertz CT molecular complexity index is 931. The van der Waals surface area contributed by atoms with Gasteiger partial charge in [0, 0.05) is 23.7 Å². The van der Waals surface area contributed by atoms with Gasteiger partial charge < -0.3 is 39.0 Å². The van der Waals surface area contributed by atoms with Crippen LogP contribution in [0.2, 0.25) is 0 Å². The highest BCUT2D eigenvalue weighted by Gasteiger charge is 2.49. The summed E-state index contributed by atoms with van der Waals surface area (Å²) in [6, 6.07) is 0. The summed E-state index contributed by atoms with van der Waals surface area (Å²) in [5.41, 5.74) is -6.24. The fourth-order valence-corrected chi connectivity index (χ4v) is 6.65. The molecule has 9 heteroatoms. The van der Waals surface area contributed by atoms with E-state index in [9.17, 15) is 20.1 Å². The third-order valence-corrected chi connectivity index (χ3v) is 11.3. The highest BCUT2D eigenvalue weighted by Crippen LogP contribution is 2.51. The summed E-state index contributed by atoms with van der Waals surface area (Å²) in [4.78, 5) is 11.2. The molecule has 0 spiro atoms. The maximum Gasteiger partial charge on any atom is 0.293 e. The van der Waals surface area contributed by atoms with Crippen molar-refractivity contribution in [3.63, 3.8) is 0 Å². The molecule has 0 aliphatic carbocycles. The Balaban J connectivity index is 7.09. The second-order valence-electron chi connectivity index (χ2n) is 20.9. The number of ether oxygens (including phenoxy) is 5. The van der Waals surface area contributed by atoms with Crippen LogP contribution in [0.3, 0.4) is 0 Å². The third-order valence-electron chi connectivity index (χ3n) is 11.3. The molecule has 4 atom stereocenters. The topological polar surface area (TPSA) is 124 Å². The van der Waals surface area contributed by atoms with E-state index in [4.69, 9.17) is 23.7 Å². The summed E-state index contributed by atoms with van der Waals surface area (Å²) in [6.45, 7) is 41.6. The first-order valence-electron chi connectivity index (χ1n) is 19.2. The zero-order valence-electron chi connectivity index (χ0n) is 36.8. The fourth-order valence-electron chi connectivity index (χ4n) is 6.65. The predicted molar refractivity (Wildman–Crippen MR) is 208 cm³/mol. The minimum Gasteiger partial charge on any atom is -0.462 e. The smallest absolute Gasteiger partial charge is 0.293 e. The van der Waals surface area contributed by atoms with Crippen LogP contribution in [0.4, 0.5) is 0 Å². The molecular formula is C42H84O9. The summed E-state index contributed by atoms with van der Waals surface area (Å²) in [7, 11) is 0. The first-order chi connectivity index (χ1) is 22.4. The van der Waals surface area contributed by atoms with Crippen LogP contribution in [0.15, 0.2) is 0 Å². The number of carbonyl (C=O) groups excluding carboxylic acids is 1. The molecule has 0 aromatic carbocycles. The molecule has 51 heavy (non-hydrogen) atoms. The minimum absolute atomic E-state index is 0.0642. The van der Waals surface area contributed by atoms with Crippen LogP contribution in [0.5, 0.6) is 0 Å². The first kappa shape index (κ1) is 50.2. The van der Waals surface area contributed by atoms with E-state index in [0.717, 1.165) is 0 Å². The largest absolute Gasteiger partial charge is 0.462 e. The Hall–Kier alpha value is -0.810. The molecule has 9 nitrogen and oxygen atoms in total. The van der Waals surface area contributed by atoms with E-state index in [1.54, 1.807) is 0 Å². The van der Waals surface area contributed by atoms with E-state index >= 15 is 0 Å². The monoisotopic (exact) mass is 733 g/mol. The van der Waals surface area contributed by atoms with Crippen molar-refractivity contribution < 1.29 is 43.8 Å². The maximum atomic E-state index is 11.2. The number of hydrogen-bond donors (Lipinski definition) is 3. The molecule has 0 fully saturated rings. The zero-order valence-corrected chi connectivity index (χ0v) is 36.8. The van der Waals surface area contributed by atoms with Crippen LogP contribution in [0, 0.1) is 29.1 Å². The molecule has 0 aromatic rings. The lowest BCUT2D eigenvalue weighted by molar-refractivity contribution is -0.166. The molecular weight excluding hydrogens is 648 g/mol. The number of hydrogen-bond acceptors (Lipinski definition) is 9. The molecule has 4 unspecified atom stereocenters. The van der Waals surface area contributed by atoms with E-state index < -0.39 is 50.2 Å². The van der Waals surface area contributed by atoms with E-state index in [2.05, 4.69) is 55.4 Å². The van der Waals surface area contributed by atoms with Gasteiger partial charge in [0.1, 0.15) is 5.60 Å². The zero-order chi connectivity index (χ0) is 40.7. The van der Waals surface area contributed by atoms with Gasteiger partial charge in [0.05, 0.1) is 65.6 Å². The van der Waals surface area contributed by atoms with Crippen LogP contribution in [-0.4, -0.2) is 93.0 Å². The molecule has 0 aliphatic rings. The van der Waals surface area contributed by atoms with Gasteiger partial charge in [0.15, 0.2) is 0 Å². The number of aliphatic hydroxyl groups is 3. The summed E-state index contributed by atoms with van der Waals surface area (Å²) in [5, 5.41) is 32.1. The Labute approximate surface area is 314 Å². The second-order valence-corrected chi connectivity index (χ2v) is 20.9. The highest BCUT2D eigenvalue weighted by atomic mass is 16.5. The molecule has 0 aliphatic heterocycles. The van der Waals surface area contributed by atoms with Gasteiger partial charge in [-0.2, -0.15) is 0 Å². The van der Waals surface area contributed by atoms with Crippen LogP contribution in [-0.2, 0) is 28.5 Å². The van der Waals surface area contributed by atoms with Crippen molar-refractivity contribution >= 4 is 6.47 Å². The van der Waals surface area contributed by atoms with Crippen molar-refractivity contribution in [2.24, 2.45) is 29.1 Å². The molecule has 0 radical (unpaired) electrons. The Morgan fingerprint density at radius 3 is 0.843 bits per heavy atom. The van der Waals surface area contributed by atoms with Gasteiger partial charge in [0.25, 0.3) is 6.47 Å². The van der Waals surface area contributed by atoms with Crippen molar-refractivity contribution in [2.75, 3.05) is 26.4 Å². The molecule has 0 rings (SSSR count). The summed E-state index contributed by atoms with van der Waals surface area (Å²) in [6.07, 6.45) is 2.56. The van der Waals surface area contributed by atoms with Crippen LogP contribution >= 0.6 is 0 Å². The number of carbonyl (C=O) groups is 1. The standard InChI is InChI=1S/C42H84O9/c1-30(38(13,14)44)21-47-34(5,6)25-42(26-35(7,8)48-22-31(2)39(15,16)45,27-36(9,10)49-23-32(3)40(17,18)46)28-37(11,12)50-24-33(4)41(19,20)51-29-43/h29-33,44-46H,21-28H2,1-20H3. The molecule has 0 heterocycles.